The molecule has 1 amide bonds. The summed E-state index contributed by atoms with van der Waals surface area (Å²) in [5.41, 5.74) is 0.256. The first-order valence-electron chi connectivity index (χ1n) is 5.24. The lowest BCUT2D eigenvalue weighted by Gasteiger charge is -2.13. The van der Waals surface area contributed by atoms with E-state index in [-0.39, 0.29) is 11.5 Å². The Labute approximate surface area is 105 Å². The summed E-state index contributed by atoms with van der Waals surface area (Å²) < 4.78 is 0. The molecule has 1 aromatic carbocycles. The summed E-state index contributed by atoms with van der Waals surface area (Å²) >= 11 is 1.41. The molecule has 0 aliphatic rings. The van der Waals surface area contributed by atoms with Crippen LogP contribution < -0.4 is 0 Å². The average Bonchev–Trinajstić information content (AvgIpc) is 2.35. The predicted octanol–water partition coefficient (Wildman–Crippen LogP) is 1.96. The summed E-state index contributed by atoms with van der Waals surface area (Å²) in [6, 6.07) is 6.51. The largest absolute Gasteiger partial charge is 0.478 e. The minimum Gasteiger partial charge on any atom is -0.478 e. The Balaban J connectivity index is 2.53. The highest BCUT2D eigenvalue weighted by atomic mass is 32.2. The van der Waals surface area contributed by atoms with E-state index in [0.29, 0.717) is 12.3 Å². The standard InChI is InChI=1S/C12H15NO3S/c1-3-13(2)11(14)8-17-10-6-4-9(5-7-10)12(15)16/h4-7H,3,8H2,1-2H3,(H,15,16). The Morgan fingerprint density at radius 2 is 1.88 bits per heavy atom. The van der Waals surface area contributed by atoms with Gasteiger partial charge < -0.3 is 10.0 Å². The number of aromatic carboxylic acids is 1. The quantitative estimate of drug-likeness (QED) is 0.815. The third-order valence-electron chi connectivity index (χ3n) is 2.36. The van der Waals surface area contributed by atoms with Crippen molar-refractivity contribution in [3.05, 3.63) is 29.8 Å². The fraction of sp³-hybridized carbons (Fsp3) is 0.333. The van der Waals surface area contributed by atoms with Crippen LogP contribution >= 0.6 is 11.8 Å². The van der Waals surface area contributed by atoms with Crippen molar-refractivity contribution in [3.8, 4) is 0 Å². The molecular weight excluding hydrogens is 238 g/mol. The maximum absolute atomic E-state index is 11.5. The molecular formula is C12H15NO3S. The Bertz CT molecular complexity index is 403. The van der Waals surface area contributed by atoms with E-state index in [1.165, 1.54) is 11.8 Å². The third kappa shape index (κ3) is 4.11. The highest BCUT2D eigenvalue weighted by molar-refractivity contribution is 8.00. The van der Waals surface area contributed by atoms with Gasteiger partial charge in [0.1, 0.15) is 0 Å². The first-order chi connectivity index (χ1) is 8.04. The van der Waals surface area contributed by atoms with Gasteiger partial charge in [-0.25, -0.2) is 4.79 Å². The van der Waals surface area contributed by atoms with Crippen LogP contribution in [0.1, 0.15) is 17.3 Å². The molecule has 0 radical (unpaired) electrons. The number of rotatable bonds is 5. The number of amides is 1. The highest BCUT2D eigenvalue weighted by Crippen LogP contribution is 2.18. The van der Waals surface area contributed by atoms with Crippen LogP contribution in [0.15, 0.2) is 29.2 Å². The van der Waals surface area contributed by atoms with E-state index in [0.717, 1.165) is 4.90 Å². The van der Waals surface area contributed by atoms with Crippen LogP contribution in [-0.2, 0) is 4.79 Å². The molecule has 0 saturated carbocycles. The van der Waals surface area contributed by atoms with E-state index in [1.807, 2.05) is 6.92 Å². The second-order valence-electron chi connectivity index (χ2n) is 3.53. The first kappa shape index (κ1) is 13.6. The van der Waals surface area contributed by atoms with Gasteiger partial charge in [0.15, 0.2) is 0 Å². The second kappa shape index (κ2) is 6.30. The molecule has 1 N–H and O–H groups in total. The van der Waals surface area contributed by atoms with Gasteiger partial charge >= 0.3 is 5.97 Å². The van der Waals surface area contributed by atoms with Gasteiger partial charge in [-0.3, -0.25) is 4.79 Å². The van der Waals surface area contributed by atoms with Crippen molar-refractivity contribution in [2.24, 2.45) is 0 Å². The van der Waals surface area contributed by atoms with Crippen molar-refractivity contribution in [2.45, 2.75) is 11.8 Å². The molecule has 0 aliphatic carbocycles. The minimum absolute atomic E-state index is 0.0693. The Morgan fingerprint density at radius 1 is 1.29 bits per heavy atom. The lowest BCUT2D eigenvalue weighted by Crippen LogP contribution is -2.27. The molecule has 0 heterocycles. The number of carboxylic acid groups (broad SMARTS) is 1. The molecule has 17 heavy (non-hydrogen) atoms. The molecule has 0 atom stereocenters. The Hall–Kier alpha value is -1.49. The number of benzene rings is 1. The van der Waals surface area contributed by atoms with Crippen molar-refractivity contribution >= 4 is 23.6 Å². The molecule has 5 heteroatoms. The molecule has 92 valence electrons. The van der Waals surface area contributed by atoms with Gasteiger partial charge in [-0.2, -0.15) is 0 Å². The predicted molar refractivity (Wildman–Crippen MR) is 67.4 cm³/mol. The molecule has 0 fully saturated rings. The number of nitrogens with zero attached hydrogens (tertiary/aromatic N) is 1. The van der Waals surface area contributed by atoms with Crippen molar-refractivity contribution in [3.63, 3.8) is 0 Å². The summed E-state index contributed by atoms with van der Waals surface area (Å²) in [5.74, 6) is -0.500. The zero-order valence-electron chi connectivity index (χ0n) is 9.84. The monoisotopic (exact) mass is 253 g/mol. The van der Waals surface area contributed by atoms with Gasteiger partial charge in [0, 0.05) is 18.5 Å². The SMILES string of the molecule is CCN(C)C(=O)CSc1ccc(C(=O)O)cc1. The third-order valence-corrected chi connectivity index (χ3v) is 3.36. The summed E-state index contributed by atoms with van der Waals surface area (Å²) in [6.45, 7) is 2.61. The number of carbonyl (C=O) groups excluding carboxylic acids is 1. The van der Waals surface area contributed by atoms with E-state index in [1.54, 1.807) is 36.2 Å². The normalized spacial score (nSPS) is 10.0. The molecule has 0 spiro atoms. The van der Waals surface area contributed by atoms with E-state index in [9.17, 15) is 9.59 Å². The van der Waals surface area contributed by atoms with Gasteiger partial charge in [0.2, 0.25) is 5.91 Å². The summed E-state index contributed by atoms with van der Waals surface area (Å²) in [4.78, 5) is 24.7. The summed E-state index contributed by atoms with van der Waals surface area (Å²) in [7, 11) is 1.76. The van der Waals surface area contributed by atoms with Gasteiger partial charge in [0.25, 0.3) is 0 Å². The van der Waals surface area contributed by atoms with Crippen LogP contribution in [0.5, 0.6) is 0 Å². The van der Waals surface area contributed by atoms with Gasteiger partial charge in [0.05, 0.1) is 11.3 Å². The topological polar surface area (TPSA) is 57.6 Å². The fourth-order valence-corrected chi connectivity index (χ4v) is 1.96. The zero-order valence-corrected chi connectivity index (χ0v) is 10.7. The maximum Gasteiger partial charge on any atom is 0.335 e. The number of hydrogen-bond donors (Lipinski definition) is 1. The van der Waals surface area contributed by atoms with E-state index in [2.05, 4.69) is 0 Å². The van der Waals surface area contributed by atoms with E-state index in [4.69, 9.17) is 5.11 Å². The highest BCUT2D eigenvalue weighted by Gasteiger charge is 2.07. The molecule has 0 aromatic heterocycles. The van der Waals surface area contributed by atoms with Crippen molar-refractivity contribution in [2.75, 3.05) is 19.3 Å². The lowest BCUT2D eigenvalue weighted by atomic mass is 10.2. The summed E-state index contributed by atoms with van der Waals surface area (Å²) in [5, 5.41) is 8.73. The van der Waals surface area contributed by atoms with Crippen LogP contribution in [0, 0.1) is 0 Å². The van der Waals surface area contributed by atoms with Crippen LogP contribution in [0.3, 0.4) is 0 Å². The second-order valence-corrected chi connectivity index (χ2v) is 4.57. The number of carbonyl (C=O) groups is 2. The Morgan fingerprint density at radius 3 is 2.35 bits per heavy atom. The minimum atomic E-state index is -0.941. The number of hydrogen-bond acceptors (Lipinski definition) is 3. The first-order valence-corrected chi connectivity index (χ1v) is 6.23. The van der Waals surface area contributed by atoms with Crippen molar-refractivity contribution < 1.29 is 14.7 Å². The number of carboxylic acids is 1. The lowest BCUT2D eigenvalue weighted by molar-refractivity contribution is -0.126. The molecule has 0 aliphatic heterocycles. The van der Waals surface area contributed by atoms with E-state index < -0.39 is 5.97 Å². The smallest absolute Gasteiger partial charge is 0.335 e. The number of thioether (sulfide) groups is 1. The summed E-state index contributed by atoms with van der Waals surface area (Å²) in [6.07, 6.45) is 0. The molecule has 0 bridgehead atoms. The van der Waals surface area contributed by atoms with Gasteiger partial charge in [-0.05, 0) is 31.2 Å². The fourth-order valence-electron chi connectivity index (χ4n) is 1.13. The zero-order chi connectivity index (χ0) is 12.8. The van der Waals surface area contributed by atoms with Gasteiger partial charge in [-0.15, -0.1) is 11.8 Å². The molecule has 4 nitrogen and oxygen atoms in total. The van der Waals surface area contributed by atoms with Crippen LogP contribution in [0.25, 0.3) is 0 Å². The molecule has 0 saturated heterocycles. The van der Waals surface area contributed by atoms with Gasteiger partial charge in [-0.1, -0.05) is 0 Å². The Kier molecular flexibility index (Phi) is 5.03. The van der Waals surface area contributed by atoms with Crippen LogP contribution in [0.2, 0.25) is 0 Å². The van der Waals surface area contributed by atoms with Crippen molar-refractivity contribution in [1.29, 1.82) is 0 Å². The molecule has 1 rings (SSSR count). The molecule has 0 unspecified atom stereocenters. The molecule has 1 aromatic rings. The van der Waals surface area contributed by atoms with Crippen LogP contribution in [-0.4, -0.2) is 41.2 Å². The van der Waals surface area contributed by atoms with Crippen LogP contribution in [0.4, 0.5) is 0 Å². The van der Waals surface area contributed by atoms with Crippen molar-refractivity contribution in [1.82, 2.24) is 4.90 Å². The van der Waals surface area contributed by atoms with E-state index >= 15 is 0 Å². The maximum atomic E-state index is 11.5. The average molecular weight is 253 g/mol.